The van der Waals surface area contributed by atoms with E-state index in [1.54, 1.807) is 7.11 Å². The van der Waals surface area contributed by atoms with E-state index in [1.165, 1.54) is 0 Å². The Morgan fingerprint density at radius 2 is 2.35 bits per heavy atom. The highest BCUT2D eigenvalue weighted by Gasteiger charge is 2.11. The van der Waals surface area contributed by atoms with Crippen LogP contribution in [0.3, 0.4) is 0 Å². The van der Waals surface area contributed by atoms with E-state index in [4.69, 9.17) is 15.6 Å². The van der Waals surface area contributed by atoms with E-state index in [9.17, 15) is 4.79 Å². The van der Waals surface area contributed by atoms with E-state index >= 15 is 0 Å². The van der Waals surface area contributed by atoms with Crippen LogP contribution in [0.4, 0.5) is 0 Å². The van der Waals surface area contributed by atoms with Gasteiger partial charge in [0.05, 0.1) is 7.11 Å². The van der Waals surface area contributed by atoms with Gasteiger partial charge in [0.25, 0.3) is 0 Å². The first-order chi connectivity index (χ1) is 8.17. The van der Waals surface area contributed by atoms with Crippen molar-refractivity contribution in [1.29, 1.82) is 0 Å². The van der Waals surface area contributed by atoms with E-state index in [2.05, 4.69) is 5.32 Å². The lowest BCUT2D eigenvalue weighted by molar-refractivity contribution is -0.128. The molecule has 4 N–H and O–H groups in total. The minimum atomic E-state index is -1.12. The second-order valence-electron chi connectivity index (χ2n) is 3.64. The fourth-order valence-corrected chi connectivity index (χ4v) is 1.38. The predicted molar refractivity (Wildman–Crippen MR) is 64.8 cm³/mol. The Morgan fingerprint density at radius 3 is 3.00 bits per heavy atom. The second kappa shape index (κ2) is 6.88. The van der Waals surface area contributed by atoms with Crippen molar-refractivity contribution in [2.45, 2.75) is 12.5 Å². The van der Waals surface area contributed by atoms with Crippen molar-refractivity contribution in [3.8, 4) is 5.75 Å². The summed E-state index contributed by atoms with van der Waals surface area (Å²) in [7, 11) is 1.61. The zero-order chi connectivity index (χ0) is 12.7. The fourth-order valence-electron chi connectivity index (χ4n) is 1.38. The fraction of sp³-hybridized carbons (Fsp3) is 0.417. The Morgan fingerprint density at radius 1 is 1.59 bits per heavy atom. The third kappa shape index (κ3) is 4.42. The van der Waals surface area contributed by atoms with Gasteiger partial charge in [0.15, 0.2) is 0 Å². The number of ether oxygens (including phenoxy) is 1. The van der Waals surface area contributed by atoms with Gasteiger partial charge in [0, 0.05) is 13.1 Å². The summed E-state index contributed by atoms with van der Waals surface area (Å²) >= 11 is 0. The smallest absolute Gasteiger partial charge is 0.250 e. The first kappa shape index (κ1) is 13.5. The topological polar surface area (TPSA) is 84.6 Å². The molecule has 0 radical (unpaired) electrons. The normalized spacial score (nSPS) is 11.9. The summed E-state index contributed by atoms with van der Waals surface area (Å²) in [6.45, 7) is 0.397. The van der Waals surface area contributed by atoms with Gasteiger partial charge in [0.1, 0.15) is 11.9 Å². The monoisotopic (exact) mass is 238 g/mol. The minimum absolute atomic E-state index is 0.0645. The number of nitrogens with two attached hydrogens (primary N) is 1. The Labute approximate surface area is 101 Å². The van der Waals surface area contributed by atoms with Crippen molar-refractivity contribution in [2.75, 3.05) is 20.2 Å². The molecule has 94 valence electrons. The zero-order valence-electron chi connectivity index (χ0n) is 9.85. The van der Waals surface area contributed by atoms with Gasteiger partial charge in [-0.05, 0) is 24.1 Å². The summed E-state index contributed by atoms with van der Waals surface area (Å²) < 4.78 is 5.09. The number of aliphatic hydroxyl groups excluding tert-OH is 1. The van der Waals surface area contributed by atoms with Crippen molar-refractivity contribution < 1.29 is 14.6 Å². The van der Waals surface area contributed by atoms with Gasteiger partial charge in [-0.25, -0.2) is 0 Å². The van der Waals surface area contributed by atoms with Gasteiger partial charge < -0.3 is 20.9 Å². The van der Waals surface area contributed by atoms with Crippen LogP contribution in [-0.2, 0) is 11.2 Å². The number of methoxy groups -OCH3 is 1. The Bertz CT molecular complexity index is 369. The van der Waals surface area contributed by atoms with Crippen molar-refractivity contribution in [3.63, 3.8) is 0 Å². The quantitative estimate of drug-likeness (QED) is 0.634. The van der Waals surface area contributed by atoms with Gasteiger partial charge in [-0.1, -0.05) is 12.1 Å². The molecule has 1 rings (SSSR count). The van der Waals surface area contributed by atoms with Crippen LogP contribution in [0.1, 0.15) is 5.56 Å². The van der Waals surface area contributed by atoms with Crippen LogP contribution in [0.2, 0.25) is 0 Å². The Balaban J connectivity index is 2.37. The van der Waals surface area contributed by atoms with Gasteiger partial charge in [0.2, 0.25) is 5.91 Å². The lowest BCUT2D eigenvalue weighted by atomic mass is 10.1. The van der Waals surface area contributed by atoms with Gasteiger partial charge in [-0.3, -0.25) is 4.79 Å². The molecule has 1 unspecified atom stereocenters. The van der Waals surface area contributed by atoms with Crippen molar-refractivity contribution >= 4 is 5.91 Å². The molecule has 0 aliphatic rings. The van der Waals surface area contributed by atoms with Crippen LogP contribution in [0, 0.1) is 0 Å². The first-order valence-electron chi connectivity index (χ1n) is 5.46. The number of amides is 1. The van der Waals surface area contributed by atoms with Gasteiger partial charge in [-0.2, -0.15) is 0 Å². The van der Waals surface area contributed by atoms with Crippen LogP contribution in [0.15, 0.2) is 24.3 Å². The molecule has 5 nitrogen and oxygen atoms in total. The highest BCUT2D eigenvalue weighted by atomic mass is 16.5. The van der Waals surface area contributed by atoms with Crippen LogP contribution in [0.5, 0.6) is 5.75 Å². The van der Waals surface area contributed by atoms with E-state index < -0.39 is 12.0 Å². The van der Waals surface area contributed by atoms with Crippen molar-refractivity contribution in [2.24, 2.45) is 5.73 Å². The SMILES string of the molecule is COc1cccc(CCNC(=O)C(O)CN)c1. The highest BCUT2D eigenvalue weighted by molar-refractivity contribution is 5.80. The predicted octanol–water partition coefficient (Wildman–Crippen LogP) is -0.326. The molecule has 0 bridgehead atoms. The molecule has 0 saturated carbocycles. The molecule has 1 aromatic rings. The third-order valence-corrected chi connectivity index (χ3v) is 2.37. The van der Waals surface area contributed by atoms with Crippen molar-refractivity contribution in [1.82, 2.24) is 5.32 Å². The van der Waals surface area contributed by atoms with E-state index in [-0.39, 0.29) is 6.54 Å². The van der Waals surface area contributed by atoms with E-state index in [0.717, 1.165) is 11.3 Å². The number of hydrogen-bond acceptors (Lipinski definition) is 4. The first-order valence-corrected chi connectivity index (χ1v) is 5.46. The molecule has 1 aromatic carbocycles. The molecule has 0 spiro atoms. The minimum Gasteiger partial charge on any atom is -0.497 e. The summed E-state index contributed by atoms with van der Waals surface area (Å²) in [4.78, 5) is 11.2. The summed E-state index contributed by atoms with van der Waals surface area (Å²) in [6, 6.07) is 7.62. The largest absolute Gasteiger partial charge is 0.497 e. The lowest BCUT2D eigenvalue weighted by Gasteiger charge is -2.09. The molecular formula is C12H18N2O3. The van der Waals surface area contributed by atoms with Crippen molar-refractivity contribution in [3.05, 3.63) is 29.8 Å². The average molecular weight is 238 g/mol. The number of rotatable bonds is 6. The number of hydrogen-bond donors (Lipinski definition) is 3. The molecule has 1 amide bonds. The molecule has 0 heterocycles. The lowest BCUT2D eigenvalue weighted by Crippen LogP contribution is -2.39. The molecule has 0 aromatic heterocycles. The Hall–Kier alpha value is -1.59. The molecule has 1 atom stereocenters. The maximum absolute atomic E-state index is 11.2. The zero-order valence-corrected chi connectivity index (χ0v) is 9.85. The van der Waals surface area contributed by atoms with Crippen LogP contribution in [-0.4, -0.2) is 37.3 Å². The summed E-state index contributed by atoms with van der Waals surface area (Å²) in [6.07, 6.45) is -0.444. The number of carbonyl (C=O) groups is 1. The van der Waals surface area contributed by atoms with E-state index in [1.807, 2.05) is 24.3 Å². The maximum atomic E-state index is 11.2. The van der Waals surface area contributed by atoms with Gasteiger partial charge >= 0.3 is 0 Å². The number of carbonyl (C=O) groups excluding carboxylic acids is 1. The van der Waals surface area contributed by atoms with E-state index in [0.29, 0.717) is 13.0 Å². The van der Waals surface area contributed by atoms with Gasteiger partial charge in [-0.15, -0.1) is 0 Å². The Kier molecular flexibility index (Phi) is 5.45. The number of aliphatic hydroxyl groups is 1. The maximum Gasteiger partial charge on any atom is 0.250 e. The summed E-state index contributed by atoms with van der Waals surface area (Å²) in [5.74, 6) is 0.353. The standard InChI is InChI=1S/C12H18N2O3/c1-17-10-4-2-3-9(7-10)5-6-14-12(16)11(15)8-13/h2-4,7,11,15H,5-6,8,13H2,1H3,(H,14,16). The average Bonchev–Trinajstić information content (AvgIpc) is 2.37. The second-order valence-corrected chi connectivity index (χ2v) is 3.64. The molecular weight excluding hydrogens is 220 g/mol. The molecule has 0 aliphatic carbocycles. The van der Waals surface area contributed by atoms with Crippen LogP contribution < -0.4 is 15.8 Å². The molecule has 0 aliphatic heterocycles. The number of benzene rings is 1. The number of nitrogens with one attached hydrogen (secondary N) is 1. The van der Waals surface area contributed by atoms with Crippen LogP contribution in [0.25, 0.3) is 0 Å². The third-order valence-electron chi connectivity index (χ3n) is 2.37. The highest BCUT2D eigenvalue weighted by Crippen LogP contribution is 2.12. The molecule has 17 heavy (non-hydrogen) atoms. The van der Waals surface area contributed by atoms with Crippen LogP contribution >= 0.6 is 0 Å². The molecule has 0 saturated heterocycles. The summed E-state index contributed by atoms with van der Waals surface area (Å²) in [5.41, 5.74) is 6.23. The molecule has 5 heteroatoms. The summed E-state index contributed by atoms with van der Waals surface area (Å²) in [5, 5.41) is 11.8. The molecule has 0 fully saturated rings.